The zero-order chi connectivity index (χ0) is 23.5. The molecule has 0 aliphatic carbocycles. The van der Waals surface area contributed by atoms with Crippen molar-refractivity contribution < 1.29 is 4.79 Å². The normalized spacial score (nSPS) is 13.0. The molecular formula is C30H25N3O. The van der Waals surface area contributed by atoms with Crippen LogP contribution in [-0.4, -0.2) is 23.9 Å². The van der Waals surface area contributed by atoms with Gasteiger partial charge in [0.15, 0.2) is 5.78 Å². The Morgan fingerprint density at radius 3 is 2.12 bits per heavy atom. The van der Waals surface area contributed by atoms with E-state index in [4.69, 9.17) is 0 Å². The van der Waals surface area contributed by atoms with Crippen LogP contribution in [0.4, 0.5) is 5.69 Å². The lowest BCUT2D eigenvalue weighted by Crippen LogP contribution is -2.19. The van der Waals surface area contributed by atoms with Gasteiger partial charge >= 0.3 is 0 Å². The number of benzene rings is 3. The minimum Gasteiger partial charge on any atom is -0.370 e. The zero-order valence-electron chi connectivity index (χ0n) is 19.2. The lowest BCUT2D eigenvalue weighted by Gasteiger charge is -2.22. The minimum atomic E-state index is -0.0900. The number of Topliss-reactive ketones (excluding diaryl/α,β-unsaturated/α-hetero) is 1. The Kier molecular flexibility index (Phi) is 5.93. The monoisotopic (exact) mass is 443 g/mol. The summed E-state index contributed by atoms with van der Waals surface area (Å²) in [5.74, 6) is -0.0900. The molecule has 0 amide bonds. The van der Waals surface area contributed by atoms with E-state index in [1.165, 1.54) is 12.5 Å². The van der Waals surface area contributed by atoms with Crippen LogP contribution >= 0.6 is 0 Å². The first-order valence-corrected chi connectivity index (χ1v) is 11.6. The third-order valence-electron chi connectivity index (χ3n) is 6.39. The van der Waals surface area contributed by atoms with Crippen molar-refractivity contribution in [3.05, 3.63) is 96.2 Å². The molecule has 0 atom stereocenters. The molecule has 5 rings (SSSR count). The molecule has 166 valence electrons. The van der Waals surface area contributed by atoms with Crippen LogP contribution in [0.15, 0.2) is 84.9 Å². The fraction of sp³-hybridized carbons (Fsp3) is 0.167. The van der Waals surface area contributed by atoms with Crippen molar-refractivity contribution in [1.82, 2.24) is 4.98 Å². The number of nitriles is 1. The van der Waals surface area contributed by atoms with E-state index in [1.54, 1.807) is 6.07 Å². The molecule has 4 nitrogen and oxygen atoms in total. The Bertz CT molecular complexity index is 1380. The SMILES string of the molecule is CC(=O)c1cccc(-c2cc(-c3ccc(-c4ccccc4)cc3)cc(N3CCCC3)c2C#N)n1. The lowest BCUT2D eigenvalue weighted by atomic mass is 9.94. The van der Waals surface area contributed by atoms with Crippen molar-refractivity contribution in [2.75, 3.05) is 18.0 Å². The Morgan fingerprint density at radius 2 is 1.47 bits per heavy atom. The maximum Gasteiger partial charge on any atom is 0.178 e. The van der Waals surface area contributed by atoms with Crippen molar-refractivity contribution in [1.29, 1.82) is 5.26 Å². The van der Waals surface area contributed by atoms with Gasteiger partial charge in [-0.2, -0.15) is 5.26 Å². The standard InChI is InChI=1S/C30H25N3O/c1-21(34)28-10-7-11-29(32-28)26-18-25(19-30(27(26)20-31)33-16-5-6-17-33)24-14-12-23(13-15-24)22-8-3-2-4-9-22/h2-4,7-15,18-19H,5-6,16-17H2,1H3. The highest BCUT2D eigenvalue weighted by Crippen LogP contribution is 2.37. The summed E-state index contributed by atoms with van der Waals surface area (Å²) < 4.78 is 0. The first-order valence-electron chi connectivity index (χ1n) is 11.6. The predicted molar refractivity (Wildman–Crippen MR) is 137 cm³/mol. The first kappa shape index (κ1) is 21.6. The molecule has 1 fully saturated rings. The van der Waals surface area contributed by atoms with Gasteiger partial charge in [0.2, 0.25) is 0 Å². The Labute approximate surface area is 200 Å². The van der Waals surface area contributed by atoms with Crippen molar-refractivity contribution in [2.24, 2.45) is 0 Å². The van der Waals surface area contributed by atoms with Crippen LogP contribution in [0.2, 0.25) is 0 Å². The average molecular weight is 444 g/mol. The number of carbonyl (C=O) groups excluding carboxylic acids is 1. The van der Waals surface area contributed by atoms with Crippen LogP contribution < -0.4 is 4.90 Å². The van der Waals surface area contributed by atoms with Crippen molar-refractivity contribution >= 4 is 11.5 Å². The summed E-state index contributed by atoms with van der Waals surface area (Å²) in [6.07, 6.45) is 2.24. The molecule has 0 bridgehead atoms. The van der Waals surface area contributed by atoms with E-state index >= 15 is 0 Å². The molecule has 2 heterocycles. The van der Waals surface area contributed by atoms with Crippen LogP contribution in [0.25, 0.3) is 33.5 Å². The molecule has 3 aromatic carbocycles. The van der Waals surface area contributed by atoms with E-state index in [1.807, 2.05) is 36.4 Å². The Balaban J connectivity index is 1.65. The van der Waals surface area contributed by atoms with E-state index in [0.29, 0.717) is 17.0 Å². The maximum absolute atomic E-state index is 12.0. The lowest BCUT2D eigenvalue weighted by molar-refractivity contribution is 0.101. The topological polar surface area (TPSA) is 57.0 Å². The number of pyridine rings is 1. The smallest absolute Gasteiger partial charge is 0.178 e. The summed E-state index contributed by atoms with van der Waals surface area (Å²) in [5.41, 5.74) is 7.81. The molecule has 0 saturated carbocycles. The average Bonchev–Trinajstić information content (AvgIpc) is 3.43. The van der Waals surface area contributed by atoms with Crippen LogP contribution in [0, 0.1) is 11.3 Å². The minimum absolute atomic E-state index is 0.0900. The quantitative estimate of drug-likeness (QED) is 0.320. The molecule has 0 unspecified atom stereocenters. The number of hydrogen-bond acceptors (Lipinski definition) is 4. The van der Waals surface area contributed by atoms with Gasteiger partial charge in [0, 0.05) is 25.6 Å². The molecule has 1 aromatic heterocycles. The maximum atomic E-state index is 12.0. The van der Waals surface area contributed by atoms with Crippen molar-refractivity contribution in [3.8, 4) is 39.6 Å². The highest BCUT2D eigenvalue weighted by atomic mass is 16.1. The van der Waals surface area contributed by atoms with Gasteiger partial charge in [-0.3, -0.25) is 4.79 Å². The summed E-state index contributed by atoms with van der Waals surface area (Å²) in [4.78, 5) is 18.8. The molecule has 4 heteroatoms. The number of hydrogen-bond donors (Lipinski definition) is 0. The Morgan fingerprint density at radius 1 is 0.824 bits per heavy atom. The largest absolute Gasteiger partial charge is 0.370 e. The highest BCUT2D eigenvalue weighted by Gasteiger charge is 2.21. The molecule has 34 heavy (non-hydrogen) atoms. The van der Waals surface area contributed by atoms with E-state index < -0.39 is 0 Å². The summed E-state index contributed by atoms with van der Waals surface area (Å²) in [6.45, 7) is 3.38. The van der Waals surface area contributed by atoms with Crippen LogP contribution in [-0.2, 0) is 0 Å². The molecule has 0 spiro atoms. The van der Waals surface area contributed by atoms with Crippen LogP contribution in [0.5, 0.6) is 0 Å². The molecule has 1 aliphatic heterocycles. The fourth-order valence-electron chi connectivity index (χ4n) is 4.59. The fourth-order valence-corrected chi connectivity index (χ4v) is 4.59. The van der Waals surface area contributed by atoms with E-state index in [9.17, 15) is 10.1 Å². The zero-order valence-corrected chi connectivity index (χ0v) is 19.2. The number of anilines is 1. The molecule has 0 radical (unpaired) electrons. The van der Waals surface area contributed by atoms with Gasteiger partial charge in [-0.1, -0.05) is 60.7 Å². The van der Waals surface area contributed by atoms with Gasteiger partial charge < -0.3 is 4.90 Å². The van der Waals surface area contributed by atoms with Gasteiger partial charge in [0.25, 0.3) is 0 Å². The summed E-state index contributed by atoms with van der Waals surface area (Å²) in [6, 6.07) is 30.8. The summed E-state index contributed by atoms with van der Waals surface area (Å²) in [5, 5.41) is 10.2. The van der Waals surface area contributed by atoms with Gasteiger partial charge in [0.1, 0.15) is 11.8 Å². The van der Waals surface area contributed by atoms with E-state index in [-0.39, 0.29) is 5.78 Å². The van der Waals surface area contributed by atoms with Gasteiger partial charge in [-0.15, -0.1) is 0 Å². The predicted octanol–water partition coefficient (Wildman–Crippen LogP) is 6.76. The second kappa shape index (κ2) is 9.33. The van der Waals surface area contributed by atoms with E-state index in [0.717, 1.165) is 53.9 Å². The first-order chi connectivity index (χ1) is 16.6. The third kappa shape index (κ3) is 4.21. The van der Waals surface area contributed by atoms with Crippen molar-refractivity contribution in [3.63, 3.8) is 0 Å². The van der Waals surface area contributed by atoms with Crippen molar-refractivity contribution in [2.45, 2.75) is 19.8 Å². The molecular weight excluding hydrogens is 418 g/mol. The number of carbonyl (C=O) groups is 1. The Hall–Kier alpha value is -4.23. The number of nitrogens with zero attached hydrogens (tertiary/aromatic N) is 3. The molecule has 1 aliphatic rings. The van der Waals surface area contributed by atoms with Crippen LogP contribution in [0.1, 0.15) is 35.8 Å². The third-order valence-corrected chi connectivity index (χ3v) is 6.39. The summed E-state index contributed by atoms with van der Waals surface area (Å²) >= 11 is 0. The van der Waals surface area contributed by atoms with Gasteiger partial charge in [-0.05, 0) is 59.4 Å². The molecule has 0 N–H and O–H groups in total. The van der Waals surface area contributed by atoms with Gasteiger partial charge in [-0.25, -0.2) is 4.98 Å². The molecule has 4 aromatic rings. The second-order valence-electron chi connectivity index (χ2n) is 8.63. The molecule has 1 saturated heterocycles. The second-order valence-corrected chi connectivity index (χ2v) is 8.63. The number of ketones is 1. The van der Waals surface area contributed by atoms with Crippen LogP contribution in [0.3, 0.4) is 0 Å². The van der Waals surface area contributed by atoms with E-state index in [2.05, 4.69) is 58.4 Å². The number of rotatable bonds is 5. The summed E-state index contributed by atoms with van der Waals surface area (Å²) in [7, 11) is 0. The number of aromatic nitrogens is 1. The van der Waals surface area contributed by atoms with Gasteiger partial charge in [0.05, 0.1) is 16.9 Å². The highest BCUT2D eigenvalue weighted by molar-refractivity contribution is 5.93.